The summed E-state index contributed by atoms with van der Waals surface area (Å²) < 4.78 is 13.6. The third-order valence-electron chi connectivity index (χ3n) is 4.73. The van der Waals surface area contributed by atoms with Gasteiger partial charge in [-0.25, -0.2) is 4.39 Å². The van der Waals surface area contributed by atoms with Crippen LogP contribution in [0.5, 0.6) is 0 Å². The summed E-state index contributed by atoms with van der Waals surface area (Å²) in [5, 5.41) is 11.6. The van der Waals surface area contributed by atoms with Crippen LogP contribution >= 0.6 is 0 Å². The number of rotatable bonds is 4. The first-order chi connectivity index (χ1) is 12.8. The lowest BCUT2D eigenvalue weighted by Crippen LogP contribution is -2.40. The molecule has 2 aromatic rings. The first kappa shape index (κ1) is 18.8. The lowest BCUT2D eigenvalue weighted by molar-refractivity contribution is -0.383. The highest BCUT2D eigenvalue weighted by molar-refractivity contribution is 5.76. The maximum absolute atomic E-state index is 13.6. The van der Waals surface area contributed by atoms with Gasteiger partial charge in [-0.05, 0) is 36.5 Å². The van der Waals surface area contributed by atoms with Gasteiger partial charge in [0.2, 0.25) is 17.6 Å². The molecule has 1 aromatic carbocycles. The average molecular weight is 374 g/mol. The van der Waals surface area contributed by atoms with E-state index >= 15 is 0 Å². The zero-order valence-corrected chi connectivity index (χ0v) is 15.6. The van der Waals surface area contributed by atoms with Crippen LogP contribution in [-0.4, -0.2) is 35.0 Å². The first-order valence-corrected chi connectivity index (χ1v) is 8.82. The molecular weight excluding hydrogens is 351 g/mol. The number of hydrogen-bond acceptors (Lipinski definition) is 7. The van der Waals surface area contributed by atoms with Crippen molar-refractivity contribution >= 4 is 29.0 Å². The van der Waals surface area contributed by atoms with Crippen molar-refractivity contribution in [3.05, 3.63) is 40.2 Å². The Hall–Kier alpha value is -2.97. The van der Waals surface area contributed by atoms with Crippen molar-refractivity contribution in [2.75, 3.05) is 35.7 Å². The molecule has 2 atom stereocenters. The van der Waals surface area contributed by atoms with Gasteiger partial charge in [0, 0.05) is 25.8 Å². The number of nitrogens with two attached hydrogens (primary N) is 1. The van der Waals surface area contributed by atoms with Crippen LogP contribution < -0.4 is 15.5 Å². The molecule has 0 bridgehead atoms. The van der Waals surface area contributed by atoms with Gasteiger partial charge in [-0.2, -0.15) is 9.97 Å². The van der Waals surface area contributed by atoms with E-state index in [2.05, 4.69) is 23.8 Å². The molecule has 2 N–H and O–H groups in total. The normalized spacial score (nSPS) is 19.8. The molecule has 144 valence electrons. The number of halogens is 1. The number of hydrogen-bond donors (Lipinski definition) is 1. The highest BCUT2D eigenvalue weighted by Gasteiger charge is 2.30. The molecule has 0 spiro atoms. The fraction of sp³-hybridized carbons (Fsp3) is 0.444. The topological polar surface area (TPSA) is 101 Å². The van der Waals surface area contributed by atoms with Crippen LogP contribution in [0.1, 0.15) is 20.3 Å². The molecule has 1 aliphatic heterocycles. The second-order valence-electron chi connectivity index (χ2n) is 7.23. The van der Waals surface area contributed by atoms with Crippen molar-refractivity contribution in [2.45, 2.75) is 20.3 Å². The Morgan fingerprint density at radius 2 is 1.96 bits per heavy atom. The number of nitrogen functional groups attached to an aromatic ring is 1. The Morgan fingerprint density at radius 3 is 2.56 bits per heavy atom. The molecule has 0 saturated carbocycles. The largest absolute Gasteiger partial charge is 0.378 e. The summed E-state index contributed by atoms with van der Waals surface area (Å²) in [4.78, 5) is 23.1. The van der Waals surface area contributed by atoms with Crippen molar-refractivity contribution in [2.24, 2.45) is 11.8 Å². The molecule has 0 radical (unpaired) electrons. The van der Waals surface area contributed by atoms with Crippen LogP contribution in [0.25, 0.3) is 0 Å². The van der Waals surface area contributed by atoms with E-state index in [0.29, 0.717) is 23.5 Å². The van der Waals surface area contributed by atoms with Crippen molar-refractivity contribution in [1.29, 1.82) is 0 Å². The lowest BCUT2D eigenvalue weighted by Gasteiger charge is -2.35. The van der Waals surface area contributed by atoms with Crippen LogP contribution in [0.3, 0.4) is 0 Å². The summed E-state index contributed by atoms with van der Waals surface area (Å²) in [5.41, 5.74) is 5.97. The summed E-state index contributed by atoms with van der Waals surface area (Å²) in [5.74, 6) is 0.669. The minimum Gasteiger partial charge on any atom is -0.378 e. The molecule has 1 saturated heterocycles. The van der Waals surface area contributed by atoms with E-state index in [1.807, 2.05) is 4.90 Å². The van der Waals surface area contributed by atoms with Gasteiger partial charge in [0.15, 0.2) is 0 Å². The van der Waals surface area contributed by atoms with Gasteiger partial charge in [0.1, 0.15) is 5.82 Å². The summed E-state index contributed by atoms with van der Waals surface area (Å²) >= 11 is 0. The highest BCUT2D eigenvalue weighted by atomic mass is 19.1. The van der Waals surface area contributed by atoms with Gasteiger partial charge >= 0.3 is 5.69 Å². The van der Waals surface area contributed by atoms with Crippen LogP contribution in [0.15, 0.2) is 24.3 Å². The van der Waals surface area contributed by atoms with Crippen molar-refractivity contribution in [3.8, 4) is 0 Å². The molecule has 2 heterocycles. The summed E-state index contributed by atoms with van der Waals surface area (Å²) in [6.45, 7) is 5.81. The second kappa shape index (κ2) is 7.34. The number of nitro groups is 1. The number of aromatic nitrogens is 2. The lowest BCUT2D eigenvalue weighted by atomic mass is 9.92. The first-order valence-electron chi connectivity index (χ1n) is 8.82. The Kier molecular flexibility index (Phi) is 5.11. The van der Waals surface area contributed by atoms with Gasteiger partial charge in [0.25, 0.3) is 0 Å². The van der Waals surface area contributed by atoms with Gasteiger partial charge in [-0.3, -0.25) is 10.1 Å². The third kappa shape index (κ3) is 3.91. The molecule has 8 nitrogen and oxygen atoms in total. The predicted molar refractivity (Wildman–Crippen MR) is 103 cm³/mol. The SMILES string of the molecule is CC1CC(C)CN(c2nc(N)c([N+](=O)[O-])c(N(C)c3cccc(F)c3)n2)C1. The van der Waals surface area contributed by atoms with E-state index in [9.17, 15) is 14.5 Å². The standard InChI is InChI=1S/C18H23FN6O2/c1-11-7-12(2)10-24(9-11)18-21-16(20)15(25(26)27)17(22-18)23(3)14-6-4-5-13(19)8-14/h4-6,8,11-12H,7,9-10H2,1-3H3,(H2,20,21,22). The summed E-state index contributed by atoms with van der Waals surface area (Å²) in [6.07, 6.45) is 1.11. The predicted octanol–water partition coefficient (Wildman–Crippen LogP) is 3.36. The van der Waals surface area contributed by atoms with Crippen molar-refractivity contribution < 1.29 is 9.31 Å². The van der Waals surface area contributed by atoms with E-state index in [0.717, 1.165) is 19.5 Å². The zero-order valence-electron chi connectivity index (χ0n) is 15.6. The van der Waals surface area contributed by atoms with E-state index in [4.69, 9.17) is 5.73 Å². The molecule has 27 heavy (non-hydrogen) atoms. The van der Waals surface area contributed by atoms with Gasteiger partial charge < -0.3 is 15.5 Å². The van der Waals surface area contributed by atoms with Gasteiger partial charge in [0.05, 0.1) is 4.92 Å². The minimum atomic E-state index is -0.605. The van der Waals surface area contributed by atoms with E-state index in [1.54, 1.807) is 13.1 Å². The number of piperidine rings is 1. The molecule has 2 unspecified atom stereocenters. The molecule has 3 rings (SSSR count). The Labute approximate surface area is 157 Å². The van der Waals surface area contributed by atoms with Gasteiger partial charge in [-0.1, -0.05) is 19.9 Å². The number of anilines is 4. The average Bonchev–Trinajstić information content (AvgIpc) is 2.59. The maximum atomic E-state index is 13.6. The van der Waals surface area contributed by atoms with Crippen LogP contribution in [0, 0.1) is 27.8 Å². The molecule has 1 aliphatic rings. The molecule has 0 aliphatic carbocycles. The molecular formula is C18H23FN6O2. The Morgan fingerprint density at radius 1 is 1.30 bits per heavy atom. The summed E-state index contributed by atoms with van der Waals surface area (Å²) in [6, 6.07) is 5.77. The van der Waals surface area contributed by atoms with E-state index in [1.165, 1.54) is 23.1 Å². The monoisotopic (exact) mass is 374 g/mol. The van der Waals surface area contributed by atoms with Crippen LogP contribution in [0.4, 0.5) is 33.3 Å². The Balaban J connectivity index is 2.08. The maximum Gasteiger partial charge on any atom is 0.353 e. The third-order valence-corrected chi connectivity index (χ3v) is 4.73. The molecule has 9 heteroatoms. The fourth-order valence-electron chi connectivity index (χ4n) is 3.63. The minimum absolute atomic E-state index is 0.0407. The molecule has 1 fully saturated rings. The van der Waals surface area contributed by atoms with Crippen LogP contribution in [-0.2, 0) is 0 Å². The Bertz CT molecular complexity index is 852. The number of nitrogens with zero attached hydrogens (tertiary/aromatic N) is 5. The van der Waals surface area contributed by atoms with Crippen molar-refractivity contribution in [1.82, 2.24) is 9.97 Å². The van der Waals surface area contributed by atoms with Crippen LogP contribution in [0.2, 0.25) is 0 Å². The smallest absolute Gasteiger partial charge is 0.353 e. The van der Waals surface area contributed by atoms with Gasteiger partial charge in [-0.15, -0.1) is 0 Å². The van der Waals surface area contributed by atoms with E-state index < -0.39 is 10.7 Å². The summed E-state index contributed by atoms with van der Waals surface area (Å²) in [7, 11) is 1.59. The van der Waals surface area contributed by atoms with Crippen molar-refractivity contribution in [3.63, 3.8) is 0 Å². The zero-order chi connectivity index (χ0) is 19.7. The van der Waals surface area contributed by atoms with E-state index in [-0.39, 0.29) is 17.3 Å². The number of benzene rings is 1. The second-order valence-corrected chi connectivity index (χ2v) is 7.23. The fourth-order valence-corrected chi connectivity index (χ4v) is 3.63. The molecule has 0 amide bonds. The quantitative estimate of drug-likeness (QED) is 0.647. The highest BCUT2D eigenvalue weighted by Crippen LogP contribution is 2.36. The molecule has 1 aromatic heterocycles.